The van der Waals surface area contributed by atoms with Gasteiger partial charge in [0.05, 0.1) is 6.54 Å². The Balaban J connectivity index is 3.62. The lowest BCUT2D eigenvalue weighted by Gasteiger charge is -2.18. The van der Waals surface area contributed by atoms with Gasteiger partial charge in [-0.15, -0.1) is 0 Å². The maximum Gasteiger partial charge on any atom is 0.172 e. The molecule has 0 N–H and O–H groups in total. The van der Waals surface area contributed by atoms with Gasteiger partial charge < -0.3 is 4.74 Å². The van der Waals surface area contributed by atoms with Crippen molar-refractivity contribution in [2.75, 3.05) is 33.4 Å². The average Bonchev–Trinajstić information content (AvgIpc) is 2.12. The van der Waals surface area contributed by atoms with Crippen LogP contribution in [0.5, 0.6) is 0 Å². The summed E-state index contributed by atoms with van der Waals surface area (Å²) >= 11 is 0. The summed E-state index contributed by atoms with van der Waals surface area (Å²) in [5, 5.41) is 0. The van der Waals surface area contributed by atoms with Crippen LogP contribution in [0.4, 0.5) is 0 Å². The van der Waals surface area contributed by atoms with Crippen molar-refractivity contribution >= 4 is 5.78 Å². The highest BCUT2D eigenvalue weighted by molar-refractivity contribution is 5.81. The fourth-order valence-electron chi connectivity index (χ4n) is 1.19. The van der Waals surface area contributed by atoms with Crippen molar-refractivity contribution in [2.45, 2.75) is 26.7 Å². The first-order valence-corrected chi connectivity index (χ1v) is 4.97. The Labute approximate surface area is 81.1 Å². The number of hydrogen-bond acceptors (Lipinski definition) is 3. The minimum Gasteiger partial charge on any atom is -0.377 e. The average molecular weight is 187 g/mol. The predicted octanol–water partition coefficient (Wildman–Crippen LogP) is 1.32. The van der Waals surface area contributed by atoms with Crippen molar-refractivity contribution in [1.29, 1.82) is 0 Å². The third-order valence-corrected chi connectivity index (χ3v) is 1.98. The number of ether oxygens (including phenoxy) is 1. The van der Waals surface area contributed by atoms with Crippen molar-refractivity contribution in [3.8, 4) is 0 Å². The van der Waals surface area contributed by atoms with Crippen LogP contribution in [0.25, 0.3) is 0 Å². The van der Waals surface area contributed by atoms with Gasteiger partial charge in [-0.2, -0.15) is 0 Å². The number of unbranched alkanes of at least 4 members (excludes halogenated alkanes) is 1. The third kappa shape index (κ3) is 6.72. The molecule has 0 saturated carbocycles. The van der Waals surface area contributed by atoms with Crippen LogP contribution in [0, 0.1) is 0 Å². The van der Waals surface area contributed by atoms with Gasteiger partial charge >= 0.3 is 0 Å². The summed E-state index contributed by atoms with van der Waals surface area (Å²) in [6, 6.07) is 0. The summed E-state index contributed by atoms with van der Waals surface area (Å²) < 4.78 is 4.78. The van der Waals surface area contributed by atoms with Gasteiger partial charge in [0.1, 0.15) is 6.61 Å². The normalized spacial score (nSPS) is 10.8. The molecule has 0 atom stereocenters. The zero-order chi connectivity index (χ0) is 10.1. The maximum atomic E-state index is 11.2. The minimum atomic E-state index is 0.167. The van der Waals surface area contributed by atoms with E-state index in [1.54, 1.807) is 7.11 Å². The SMILES string of the molecule is CCCCN(CC)CC(=O)COC. The van der Waals surface area contributed by atoms with Gasteiger partial charge in [0.2, 0.25) is 0 Å². The van der Waals surface area contributed by atoms with Crippen molar-refractivity contribution in [3.63, 3.8) is 0 Å². The number of carbonyl (C=O) groups excluding carboxylic acids is 1. The maximum absolute atomic E-state index is 11.2. The van der Waals surface area contributed by atoms with Crippen molar-refractivity contribution < 1.29 is 9.53 Å². The number of ketones is 1. The van der Waals surface area contributed by atoms with E-state index in [2.05, 4.69) is 18.7 Å². The molecule has 0 aliphatic heterocycles. The first kappa shape index (κ1) is 12.6. The molecule has 78 valence electrons. The van der Waals surface area contributed by atoms with Gasteiger partial charge in [0.15, 0.2) is 5.78 Å². The van der Waals surface area contributed by atoms with Crippen LogP contribution in [-0.4, -0.2) is 44.0 Å². The number of Topliss-reactive ketones (excluding diaryl/α,β-unsaturated/α-hetero) is 1. The number of rotatable bonds is 8. The second-order valence-electron chi connectivity index (χ2n) is 3.19. The first-order valence-electron chi connectivity index (χ1n) is 4.97. The molecule has 0 spiro atoms. The lowest BCUT2D eigenvalue weighted by molar-refractivity contribution is -0.123. The number of carbonyl (C=O) groups is 1. The lowest BCUT2D eigenvalue weighted by Crippen LogP contribution is -2.32. The number of methoxy groups -OCH3 is 1. The van der Waals surface area contributed by atoms with Gasteiger partial charge in [-0.05, 0) is 19.5 Å². The fraction of sp³-hybridized carbons (Fsp3) is 0.900. The van der Waals surface area contributed by atoms with E-state index in [4.69, 9.17) is 4.74 Å². The zero-order valence-electron chi connectivity index (χ0n) is 9.01. The highest BCUT2D eigenvalue weighted by Crippen LogP contribution is 1.94. The number of nitrogens with zero attached hydrogens (tertiary/aromatic N) is 1. The van der Waals surface area contributed by atoms with Crippen LogP contribution in [0.3, 0.4) is 0 Å². The van der Waals surface area contributed by atoms with Crippen LogP contribution >= 0.6 is 0 Å². The molecule has 0 unspecified atom stereocenters. The Kier molecular flexibility index (Phi) is 7.94. The summed E-state index contributed by atoms with van der Waals surface area (Å²) in [6.45, 7) is 6.96. The molecule has 0 aromatic carbocycles. The minimum absolute atomic E-state index is 0.167. The molecule has 0 aliphatic rings. The summed E-state index contributed by atoms with van der Waals surface area (Å²) in [6.07, 6.45) is 2.34. The topological polar surface area (TPSA) is 29.5 Å². The Morgan fingerprint density at radius 2 is 2.08 bits per heavy atom. The largest absolute Gasteiger partial charge is 0.377 e. The second kappa shape index (κ2) is 8.20. The molecule has 3 nitrogen and oxygen atoms in total. The van der Waals surface area contributed by atoms with Gasteiger partial charge in [-0.25, -0.2) is 0 Å². The molecule has 0 saturated heterocycles. The molecule has 0 aliphatic carbocycles. The van der Waals surface area contributed by atoms with Crippen LogP contribution in [0.2, 0.25) is 0 Å². The van der Waals surface area contributed by atoms with Crippen LogP contribution in [0.15, 0.2) is 0 Å². The lowest BCUT2D eigenvalue weighted by atomic mass is 10.3. The Bertz CT molecular complexity index is 137. The smallest absolute Gasteiger partial charge is 0.172 e. The van der Waals surface area contributed by atoms with E-state index in [-0.39, 0.29) is 12.4 Å². The predicted molar refractivity (Wildman–Crippen MR) is 53.9 cm³/mol. The van der Waals surface area contributed by atoms with Gasteiger partial charge in [0.25, 0.3) is 0 Å². The summed E-state index contributed by atoms with van der Waals surface area (Å²) in [5.74, 6) is 0.167. The van der Waals surface area contributed by atoms with Crippen molar-refractivity contribution in [1.82, 2.24) is 4.90 Å². The fourth-order valence-corrected chi connectivity index (χ4v) is 1.19. The Morgan fingerprint density at radius 1 is 1.38 bits per heavy atom. The zero-order valence-corrected chi connectivity index (χ0v) is 9.01. The molecule has 0 bridgehead atoms. The highest BCUT2D eigenvalue weighted by atomic mass is 16.5. The monoisotopic (exact) mass is 187 g/mol. The molecular weight excluding hydrogens is 166 g/mol. The molecule has 0 aromatic rings. The van der Waals surface area contributed by atoms with E-state index < -0.39 is 0 Å². The summed E-state index contributed by atoms with van der Waals surface area (Å²) in [4.78, 5) is 13.4. The van der Waals surface area contributed by atoms with Crippen LogP contribution < -0.4 is 0 Å². The molecular formula is C10H21NO2. The van der Waals surface area contributed by atoms with E-state index in [9.17, 15) is 4.79 Å². The molecule has 0 heterocycles. The van der Waals surface area contributed by atoms with Gasteiger partial charge in [-0.1, -0.05) is 20.3 Å². The van der Waals surface area contributed by atoms with Gasteiger partial charge in [0, 0.05) is 7.11 Å². The van der Waals surface area contributed by atoms with Crippen molar-refractivity contribution in [2.24, 2.45) is 0 Å². The van der Waals surface area contributed by atoms with E-state index in [1.165, 1.54) is 6.42 Å². The van der Waals surface area contributed by atoms with Crippen LogP contribution in [-0.2, 0) is 9.53 Å². The molecule has 0 amide bonds. The Morgan fingerprint density at radius 3 is 2.54 bits per heavy atom. The quantitative estimate of drug-likeness (QED) is 0.574. The summed E-state index contributed by atoms with van der Waals surface area (Å²) in [7, 11) is 1.56. The molecule has 13 heavy (non-hydrogen) atoms. The van der Waals surface area contributed by atoms with Gasteiger partial charge in [-0.3, -0.25) is 9.69 Å². The van der Waals surface area contributed by atoms with Crippen LogP contribution in [0.1, 0.15) is 26.7 Å². The summed E-state index contributed by atoms with van der Waals surface area (Å²) in [5.41, 5.74) is 0. The third-order valence-electron chi connectivity index (χ3n) is 1.98. The van der Waals surface area contributed by atoms with E-state index in [0.717, 1.165) is 19.5 Å². The first-order chi connectivity index (χ1) is 6.24. The Hall–Kier alpha value is -0.410. The molecule has 0 aromatic heterocycles. The molecule has 0 rings (SSSR count). The molecule has 0 fully saturated rings. The number of likely N-dealkylation sites (N-methyl/N-ethyl adjacent to an activating group) is 1. The molecule has 3 heteroatoms. The number of hydrogen-bond donors (Lipinski definition) is 0. The standard InChI is InChI=1S/C10H21NO2/c1-4-6-7-11(5-2)8-10(12)9-13-3/h4-9H2,1-3H3. The van der Waals surface area contributed by atoms with E-state index in [0.29, 0.717) is 6.54 Å². The van der Waals surface area contributed by atoms with E-state index >= 15 is 0 Å². The molecule has 0 radical (unpaired) electrons. The van der Waals surface area contributed by atoms with E-state index in [1.807, 2.05) is 0 Å². The second-order valence-corrected chi connectivity index (χ2v) is 3.19. The highest BCUT2D eigenvalue weighted by Gasteiger charge is 2.07. The van der Waals surface area contributed by atoms with Crippen molar-refractivity contribution in [3.05, 3.63) is 0 Å².